The lowest BCUT2D eigenvalue weighted by Crippen LogP contribution is -2.41. The molecule has 1 aliphatic carbocycles. The second kappa shape index (κ2) is 5.36. The number of aryl methyl sites for hydroxylation is 1. The normalized spacial score (nSPS) is 17.0. The maximum atomic E-state index is 12.7. The van der Waals surface area contributed by atoms with Gasteiger partial charge in [0.05, 0.1) is 10.4 Å². The summed E-state index contributed by atoms with van der Waals surface area (Å²) in [6.45, 7) is 2.25. The number of hydrogen-bond acceptors (Lipinski definition) is 4. The van der Waals surface area contributed by atoms with Crippen molar-refractivity contribution in [3.8, 4) is 0 Å². The van der Waals surface area contributed by atoms with Crippen molar-refractivity contribution in [1.29, 1.82) is 0 Å². The number of fused-ring (bicyclic) bond motifs is 1. The Morgan fingerprint density at radius 3 is 2.81 bits per heavy atom. The molecule has 5 nitrogen and oxygen atoms in total. The Kier molecular flexibility index (Phi) is 3.69. The van der Waals surface area contributed by atoms with Crippen LogP contribution in [0.3, 0.4) is 0 Å². The summed E-state index contributed by atoms with van der Waals surface area (Å²) >= 11 is 0. The van der Waals surface area contributed by atoms with Crippen molar-refractivity contribution in [2.45, 2.75) is 30.7 Å². The summed E-state index contributed by atoms with van der Waals surface area (Å²) in [4.78, 5) is 4.56. The van der Waals surface area contributed by atoms with Crippen LogP contribution in [-0.4, -0.2) is 26.0 Å². The molecule has 1 aliphatic rings. The highest BCUT2D eigenvalue weighted by Gasteiger charge is 2.33. The molecular formula is C15H19N3O2S. The van der Waals surface area contributed by atoms with Crippen molar-refractivity contribution in [1.82, 2.24) is 9.71 Å². The summed E-state index contributed by atoms with van der Waals surface area (Å²) in [6, 6.07) is 6.80. The number of hydrogen-bond donors (Lipinski definition) is 2. The Morgan fingerprint density at radius 2 is 2.14 bits per heavy atom. The van der Waals surface area contributed by atoms with Crippen LogP contribution in [0.5, 0.6) is 0 Å². The van der Waals surface area contributed by atoms with E-state index in [0.29, 0.717) is 17.8 Å². The van der Waals surface area contributed by atoms with Gasteiger partial charge in [0.25, 0.3) is 0 Å². The van der Waals surface area contributed by atoms with Gasteiger partial charge in [0.1, 0.15) is 0 Å². The second-order valence-corrected chi connectivity index (χ2v) is 7.26. The van der Waals surface area contributed by atoms with Crippen LogP contribution in [0, 0.1) is 12.8 Å². The van der Waals surface area contributed by atoms with E-state index in [1.807, 2.05) is 6.92 Å². The van der Waals surface area contributed by atoms with Gasteiger partial charge in [-0.25, -0.2) is 13.1 Å². The minimum atomic E-state index is -3.59. The zero-order valence-electron chi connectivity index (χ0n) is 11.9. The summed E-state index contributed by atoms with van der Waals surface area (Å²) < 4.78 is 28.1. The predicted molar refractivity (Wildman–Crippen MR) is 82.4 cm³/mol. The lowest BCUT2D eigenvalue weighted by Gasteiger charge is -2.17. The van der Waals surface area contributed by atoms with Gasteiger partial charge in [-0.05, 0) is 49.4 Å². The van der Waals surface area contributed by atoms with Crippen molar-refractivity contribution < 1.29 is 8.42 Å². The Morgan fingerprint density at radius 1 is 1.38 bits per heavy atom. The predicted octanol–water partition coefficient (Wildman–Crippen LogP) is 1.56. The van der Waals surface area contributed by atoms with Gasteiger partial charge >= 0.3 is 0 Å². The highest BCUT2D eigenvalue weighted by molar-refractivity contribution is 7.89. The van der Waals surface area contributed by atoms with E-state index in [1.165, 1.54) is 0 Å². The Balaban J connectivity index is 2.04. The van der Waals surface area contributed by atoms with Crippen LogP contribution in [0.25, 0.3) is 10.9 Å². The third kappa shape index (κ3) is 2.79. The number of pyridine rings is 1. The number of nitrogens with zero attached hydrogens (tertiary/aromatic N) is 1. The Hall–Kier alpha value is -1.50. The van der Waals surface area contributed by atoms with Crippen molar-refractivity contribution in [3.05, 3.63) is 36.0 Å². The number of rotatable bonds is 5. The number of nitrogens with one attached hydrogen (secondary N) is 1. The molecule has 1 unspecified atom stereocenters. The highest BCUT2D eigenvalue weighted by atomic mass is 32.2. The molecule has 1 heterocycles. The van der Waals surface area contributed by atoms with Gasteiger partial charge in [0.2, 0.25) is 10.0 Å². The van der Waals surface area contributed by atoms with Crippen molar-refractivity contribution in [2.24, 2.45) is 11.7 Å². The molecule has 1 aromatic carbocycles. The van der Waals surface area contributed by atoms with Crippen LogP contribution in [0.4, 0.5) is 0 Å². The molecule has 1 atom stereocenters. The topological polar surface area (TPSA) is 85.1 Å². The molecule has 1 saturated carbocycles. The van der Waals surface area contributed by atoms with Gasteiger partial charge in [-0.2, -0.15) is 0 Å². The fourth-order valence-electron chi connectivity index (χ4n) is 2.62. The summed E-state index contributed by atoms with van der Waals surface area (Å²) in [5, 5.41) is 0.650. The number of benzene rings is 1. The fraction of sp³-hybridized carbons (Fsp3) is 0.400. The van der Waals surface area contributed by atoms with E-state index in [9.17, 15) is 8.42 Å². The van der Waals surface area contributed by atoms with Gasteiger partial charge < -0.3 is 5.73 Å². The van der Waals surface area contributed by atoms with Crippen molar-refractivity contribution in [3.63, 3.8) is 0 Å². The van der Waals surface area contributed by atoms with E-state index in [0.717, 1.165) is 23.9 Å². The first-order valence-electron chi connectivity index (χ1n) is 7.09. The largest absolute Gasteiger partial charge is 0.329 e. The molecule has 3 rings (SSSR count). The first-order chi connectivity index (χ1) is 10.0. The molecule has 1 fully saturated rings. The van der Waals surface area contributed by atoms with Gasteiger partial charge in [0, 0.05) is 24.2 Å². The summed E-state index contributed by atoms with van der Waals surface area (Å²) in [6.07, 6.45) is 3.76. The average molecular weight is 305 g/mol. The first-order valence-corrected chi connectivity index (χ1v) is 8.58. The molecule has 3 N–H and O–H groups in total. The third-order valence-corrected chi connectivity index (χ3v) is 5.52. The monoisotopic (exact) mass is 305 g/mol. The number of sulfonamides is 1. The third-order valence-electron chi connectivity index (χ3n) is 3.97. The SMILES string of the molecule is Cc1ccc(S(=O)(=O)NC(CN)C2CC2)c2cccnc12. The standard InChI is InChI=1S/C15H19N3O2S/c1-10-4-7-14(12-3-2-8-17-15(10)12)21(19,20)18-13(9-16)11-5-6-11/h2-4,7-8,11,13,18H,5-6,9,16H2,1H3. The molecule has 6 heteroatoms. The Bertz CT molecular complexity index is 770. The molecule has 0 bridgehead atoms. The minimum absolute atomic E-state index is 0.178. The molecule has 1 aromatic heterocycles. The van der Waals surface area contributed by atoms with Crippen LogP contribution in [0.2, 0.25) is 0 Å². The van der Waals surface area contributed by atoms with Crippen LogP contribution in [0.1, 0.15) is 18.4 Å². The quantitative estimate of drug-likeness (QED) is 0.878. The van der Waals surface area contributed by atoms with Crippen molar-refractivity contribution in [2.75, 3.05) is 6.54 Å². The van der Waals surface area contributed by atoms with Crippen LogP contribution in [0.15, 0.2) is 35.4 Å². The lowest BCUT2D eigenvalue weighted by atomic mass is 10.1. The van der Waals surface area contributed by atoms with Gasteiger partial charge in [0.15, 0.2) is 0 Å². The van der Waals surface area contributed by atoms with E-state index in [4.69, 9.17) is 5.73 Å². The molecule has 0 spiro atoms. The molecule has 2 aromatic rings. The van der Waals surface area contributed by atoms with E-state index < -0.39 is 10.0 Å². The zero-order chi connectivity index (χ0) is 15.0. The zero-order valence-corrected chi connectivity index (χ0v) is 12.7. The molecule has 0 radical (unpaired) electrons. The highest BCUT2D eigenvalue weighted by Crippen LogP contribution is 2.33. The van der Waals surface area contributed by atoms with E-state index in [2.05, 4.69) is 9.71 Å². The van der Waals surface area contributed by atoms with E-state index in [-0.39, 0.29) is 10.9 Å². The fourth-order valence-corrected chi connectivity index (χ4v) is 4.14. The smallest absolute Gasteiger partial charge is 0.241 e. The lowest BCUT2D eigenvalue weighted by molar-refractivity contribution is 0.519. The van der Waals surface area contributed by atoms with Gasteiger partial charge in [-0.15, -0.1) is 0 Å². The first kappa shape index (κ1) is 14.4. The number of nitrogens with two attached hydrogens (primary N) is 1. The van der Waals surface area contributed by atoms with E-state index in [1.54, 1.807) is 30.5 Å². The van der Waals surface area contributed by atoms with Crippen molar-refractivity contribution >= 4 is 20.9 Å². The molecule has 0 amide bonds. The molecule has 0 aliphatic heterocycles. The number of aromatic nitrogens is 1. The molecule has 112 valence electrons. The molecule has 21 heavy (non-hydrogen) atoms. The average Bonchev–Trinajstić information content (AvgIpc) is 3.30. The van der Waals surface area contributed by atoms with E-state index >= 15 is 0 Å². The maximum Gasteiger partial charge on any atom is 0.241 e. The van der Waals surface area contributed by atoms with Crippen LogP contribution < -0.4 is 10.5 Å². The molecule has 0 saturated heterocycles. The van der Waals surface area contributed by atoms with Crippen LogP contribution in [-0.2, 0) is 10.0 Å². The minimum Gasteiger partial charge on any atom is -0.329 e. The summed E-state index contributed by atoms with van der Waals surface area (Å²) in [7, 11) is -3.59. The molecular weight excluding hydrogens is 286 g/mol. The van der Waals surface area contributed by atoms with Crippen LogP contribution >= 0.6 is 0 Å². The maximum absolute atomic E-state index is 12.7. The Labute approximate surface area is 124 Å². The second-order valence-electron chi connectivity index (χ2n) is 5.58. The van der Waals surface area contributed by atoms with Gasteiger partial charge in [-0.1, -0.05) is 6.07 Å². The van der Waals surface area contributed by atoms with Gasteiger partial charge in [-0.3, -0.25) is 4.98 Å². The summed E-state index contributed by atoms with van der Waals surface area (Å²) in [5.41, 5.74) is 7.38. The summed E-state index contributed by atoms with van der Waals surface area (Å²) in [5.74, 6) is 0.375.